The van der Waals surface area contributed by atoms with E-state index in [2.05, 4.69) is 15.3 Å². The summed E-state index contributed by atoms with van der Waals surface area (Å²) in [5, 5.41) is 14.3. The highest BCUT2D eigenvalue weighted by Gasteiger charge is 2.15. The second kappa shape index (κ2) is 7.34. The Morgan fingerprint density at radius 1 is 1.30 bits per heavy atom. The Balaban J connectivity index is 1.97. The minimum atomic E-state index is -0.574. The molecule has 2 aromatic carbocycles. The quantitative estimate of drug-likeness (QED) is 0.272. The summed E-state index contributed by atoms with van der Waals surface area (Å²) in [6.45, 7) is 0. The van der Waals surface area contributed by atoms with Gasteiger partial charge in [0, 0.05) is 24.6 Å². The van der Waals surface area contributed by atoms with E-state index < -0.39 is 10.8 Å². The van der Waals surface area contributed by atoms with E-state index in [9.17, 15) is 14.9 Å². The van der Waals surface area contributed by atoms with E-state index in [1.807, 2.05) is 0 Å². The third-order valence-electron chi connectivity index (χ3n) is 3.69. The maximum absolute atomic E-state index is 12.2. The first kappa shape index (κ1) is 18.2. The van der Waals surface area contributed by atoms with E-state index in [1.165, 1.54) is 24.3 Å². The van der Waals surface area contributed by atoms with Gasteiger partial charge in [-0.2, -0.15) is 4.99 Å². The Kier molecular flexibility index (Phi) is 4.95. The Morgan fingerprint density at radius 2 is 2.00 bits per heavy atom. The number of guanidine groups is 1. The second-order valence-electron chi connectivity index (χ2n) is 5.42. The molecule has 0 atom stereocenters. The fourth-order valence-corrected chi connectivity index (χ4v) is 2.56. The van der Waals surface area contributed by atoms with E-state index in [0.717, 1.165) is 0 Å². The van der Waals surface area contributed by atoms with Gasteiger partial charge >= 0.3 is 0 Å². The van der Waals surface area contributed by atoms with Crippen molar-refractivity contribution in [2.75, 3.05) is 7.05 Å². The van der Waals surface area contributed by atoms with E-state index >= 15 is 0 Å². The van der Waals surface area contributed by atoms with Gasteiger partial charge in [0.25, 0.3) is 11.6 Å². The van der Waals surface area contributed by atoms with E-state index in [0.29, 0.717) is 27.4 Å². The molecule has 3 rings (SSSR count). The van der Waals surface area contributed by atoms with Gasteiger partial charge < -0.3 is 20.8 Å². The first-order valence-electron chi connectivity index (χ1n) is 7.69. The Labute approximate surface area is 157 Å². The first-order chi connectivity index (χ1) is 12.9. The zero-order chi connectivity index (χ0) is 19.6. The number of nitrogens with zero attached hydrogens (tertiary/aromatic N) is 2. The average Bonchev–Trinajstić information content (AvgIpc) is 3.11. The number of ether oxygens (including phenoxy) is 1. The number of aromatic nitrogens is 1. The standard InChI is InChI=1S/C17H14ClN5O4/c1-20-17(19)22-16(24)13-8-11-12(18)6-7-14(15(11)21-13)27-10-4-2-9(3-5-10)23(25)26/h2-8,21H,1H3,(H3,19,20,22,24). The van der Waals surface area contributed by atoms with Crippen LogP contribution in [0.25, 0.3) is 10.9 Å². The summed E-state index contributed by atoms with van der Waals surface area (Å²) >= 11 is 6.20. The molecule has 1 heterocycles. The maximum atomic E-state index is 12.2. The first-order valence-corrected chi connectivity index (χ1v) is 8.06. The van der Waals surface area contributed by atoms with Crippen LogP contribution in [0.5, 0.6) is 11.5 Å². The summed E-state index contributed by atoms with van der Waals surface area (Å²) < 4.78 is 5.78. The van der Waals surface area contributed by atoms with Crippen molar-refractivity contribution >= 4 is 40.1 Å². The second-order valence-corrected chi connectivity index (χ2v) is 5.83. The lowest BCUT2D eigenvalue weighted by atomic mass is 10.2. The zero-order valence-electron chi connectivity index (χ0n) is 14.0. The van der Waals surface area contributed by atoms with Crippen LogP contribution in [-0.4, -0.2) is 28.8 Å². The molecule has 10 heteroatoms. The lowest BCUT2D eigenvalue weighted by molar-refractivity contribution is -0.384. The number of amides is 1. The predicted octanol–water partition coefficient (Wildman–Crippen LogP) is 3.20. The topological polar surface area (TPSA) is 136 Å². The number of carbonyl (C=O) groups is 1. The van der Waals surface area contributed by atoms with Crippen LogP contribution in [0.2, 0.25) is 5.02 Å². The SMILES string of the molecule is CNC(N)=NC(=O)c1cc2c(Cl)ccc(Oc3ccc([N+](=O)[O-])cc3)c2[nH]1. The fourth-order valence-electron chi connectivity index (χ4n) is 2.35. The van der Waals surface area contributed by atoms with Crippen LogP contribution in [0.1, 0.15) is 10.5 Å². The van der Waals surface area contributed by atoms with Gasteiger partial charge in [-0.15, -0.1) is 0 Å². The molecule has 4 N–H and O–H groups in total. The molecular weight excluding hydrogens is 374 g/mol. The van der Waals surface area contributed by atoms with Crippen LogP contribution < -0.4 is 15.8 Å². The normalized spacial score (nSPS) is 11.4. The molecular formula is C17H14ClN5O4. The average molecular weight is 388 g/mol. The van der Waals surface area contributed by atoms with Crippen LogP contribution in [0, 0.1) is 10.1 Å². The summed E-state index contributed by atoms with van der Waals surface area (Å²) in [5.74, 6) is 0.194. The minimum Gasteiger partial charge on any atom is -0.455 e. The van der Waals surface area contributed by atoms with Crippen LogP contribution in [0.3, 0.4) is 0 Å². The molecule has 1 aromatic heterocycles. The highest BCUT2D eigenvalue weighted by molar-refractivity contribution is 6.35. The Hall–Kier alpha value is -3.59. The lowest BCUT2D eigenvalue weighted by Crippen LogP contribution is -2.28. The number of nitro benzene ring substituents is 1. The molecule has 0 aliphatic rings. The van der Waals surface area contributed by atoms with Crippen molar-refractivity contribution in [2.24, 2.45) is 10.7 Å². The number of benzene rings is 2. The molecule has 0 spiro atoms. The molecule has 0 unspecified atom stereocenters. The summed E-state index contributed by atoms with van der Waals surface area (Å²) in [7, 11) is 1.55. The van der Waals surface area contributed by atoms with Gasteiger partial charge in [0.1, 0.15) is 11.4 Å². The summed E-state index contributed by atoms with van der Waals surface area (Å²) in [5.41, 5.74) is 6.13. The number of nitro groups is 1. The summed E-state index contributed by atoms with van der Waals surface area (Å²) in [4.78, 5) is 29.0. The van der Waals surface area contributed by atoms with Crippen molar-refractivity contribution in [3.63, 3.8) is 0 Å². The summed E-state index contributed by atoms with van der Waals surface area (Å²) in [6, 6.07) is 10.4. The van der Waals surface area contributed by atoms with E-state index in [1.54, 1.807) is 25.2 Å². The fraction of sp³-hybridized carbons (Fsp3) is 0.0588. The Bertz CT molecular complexity index is 1060. The largest absolute Gasteiger partial charge is 0.455 e. The van der Waals surface area contributed by atoms with E-state index in [-0.39, 0.29) is 17.3 Å². The van der Waals surface area contributed by atoms with Crippen LogP contribution in [0.4, 0.5) is 5.69 Å². The highest BCUT2D eigenvalue weighted by Crippen LogP contribution is 2.35. The molecule has 0 aliphatic heterocycles. The number of hydrogen-bond donors (Lipinski definition) is 3. The molecule has 3 aromatic rings. The number of nitrogens with one attached hydrogen (secondary N) is 2. The number of fused-ring (bicyclic) bond motifs is 1. The van der Waals surface area contributed by atoms with Crippen molar-refractivity contribution in [1.82, 2.24) is 10.3 Å². The van der Waals surface area contributed by atoms with Crippen LogP contribution in [0.15, 0.2) is 47.5 Å². The highest BCUT2D eigenvalue weighted by atomic mass is 35.5. The third kappa shape index (κ3) is 3.82. The van der Waals surface area contributed by atoms with Gasteiger partial charge in [-0.25, -0.2) is 0 Å². The van der Waals surface area contributed by atoms with Gasteiger partial charge in [0.05, 0.1) is 15.5 Å². The predicted molar refractivity (Wildman–Crippen MR) is 101 cm³/mol. The monoisotopic (exact) mass is 387 g/mol. The van der Waals surface area contributed by atoms with Crippen molar-refractivity contribution in [3.8, 4) is 11.5 Å². The number of aromatic amines is 1. The number of H-pyrrole nitrogens is 1. The molecule has 0 saturated carbocycles. The van der Waals surface area contributed by atoms with Crippen LogP contribution in [-0.2, 0) is 0 Å². The minimum absolute atomic E-state index is 0.0212. The number of nitrogens with two attached hydrogens (primary N) is 1. The molecule has 138 valence electrons. The molecule has 0 saturated heterocycles. The van der Waals surface area contributed by atoms with Crippen LogP contribution >= 0.6 is 11.6 Å². The molecule has 27 heavy (non-hydrogen) atoms. The lowest BCUT2D eigenvalue weighted by Gasteiger charge is -2.07. The molecule has 9 nitrogen and oxygen atoms in total. The molecule has 0 aliphatic carbocycles. The van der Waals surface area contributed by atoms with Gasteiger partial charge in [-0.3, -0.25) is 14.9 Å². The third-order valence-corrected chi connectivity index (χ3v) is 4.02. The molecule has 0 radical (unpaired) electrons. The molecule has 1 amide bonds. The van der Waals surface area contributed by atoms with Gasteiger partial charge in [0.2, 0.25) is 0 Å². The summed E-state index contributed by atoms with van der Waals surface area (Å²) in [6.07, 6.45) is 0. The zero-order valence-corrected chi connectivity index (χ0v) is 14.8. The molecule has 0 fully saturated rings. The maximum Gasteiger partial charge on any atom is 0.296 e. The van der Waals surface area contributed by atoms with Gasteiger partial charge in [-0.1, -0.05) is 11.6 Å². The number of carbonyl (C=O) groups excluding carboxylic acids is 1. The number of rotatable bonds is 4. The van der Waals surface area contributed by atoms with Crippen molar-refractivity contribution in [2.45, 2.75) is 0 Å². The number of halogens is 1. The number of hydrogen-bond acceptors (Lipinski definition) is 4. The van der Waals surface area contributed by atoms with Crippen molar-refractivity contribution < 1.29 is 14.5 Å². The van der Waals surface area contributed by atoms with E-state index in [4.69, 9.17) is 22.1 Å². The van der Waals surface area contributed by atoms with Crippen molar-refractivity contribution in [3.05, 3.63) is 63.3 Å². The van der Waals surface area contributed by atoms with Gasteiger partial charge in [0.15, 0.2) is 11.7 Å². The smallest absolute Gasteiger partial charge is 0.296 e. The Morgan fingerprint density at radius 3 is 2.63 bits per heavy atom. The van der Waals surface area contributed by atoms with Crippen molar-refractivity contribution in [1.29, 1.82) is 0 Å². The number of aliphatic imine (C=N–C) groups is 1. The number of non-ortho nitro benzene ring substituents is 1. The van der Waals surface area contributed by atoms with Gasteiger partial charge in [-0.05, 0) is 30.3 Å². The molecule has 0 bridgehead atoms.